The Morgan fingerprint density at radius 1 is 1.39 bits per heavy atom. The highest BCUT2D eigenvalue weighted by atomic mass is 16.2. The molecule has 1 N–H and O–H groups in total. The summed E-state index contributed by atoms with van der Waals surface area (Å²) in [6.45, 7) is 3.07. The first-order chi connectivity index (χ1) is 13.6. The van der Waals surface area contributed by atoms with Crippen LogP contribution in [0, 0.1) is 11.3 Å². The standard InChI is InChI=1S/C21H25N5O2/c1-2-5-19-17(12-23-26(19)16-6-3-4-7-16)21(28)25-9-8-18-15(13-25)10-14(11-22)20(27)24-18/h10,12,16H,2-9,13H2,1H3,(H,24,27). The second kappa shape index (κ2) is 7.63. The average molecular weight is 379 g/mol. The number of hydrogen-bond donors (Lipinski definition) is 1. The van der Waals surface area contributed by atoms with Crippen LogP contribution in [0.3, 0.4) is 0 Å². The van der Waals surface area contributed by atoms with Crippen molar-refractivity contribution < 1.29 is 4.79 Å². The predicted molar refractivity (Wildman–Crippen MR) is 104 cm³/mol. The zero-order chi connectivity index (χ0) is 19.7. The second-order valence-electron chi connectivity index (χ2n) is 7.74. The number of nitriles is 1. The lowest BCUT2D eigenvalue weighted by Crippen LogP contribution is -2.37. The van der Waals surface area contributed by atoms with E-state index in [4.69, 9.17) is 5.26 Å². The number of pyridine rings is 1. The van der Waals surface area contributed by atoms with Crippen molar-refractivity contribution >= 4 is 5.91 Å². The summed E-state index contributed by atoms with van der Waals surface area (Å²) in [7, 11) is 0. The van der Waals surface area contributed by atoms with Gasteiger partial charge >= 0.3 is 0 Å². The predicted octanol–water partition coefficient (Wildman–Crippen LogP) is 2.71. The maximum Gasteiger partial charge on any atom is 0.266 e. The molecule has 0 spiro atoms. The molecule has 0 saturated heterocycles. The first kappa shape index (κ1) is 18.5. The topological polar surface area (TPSA) is 94.8 Å². The summed E-state index contributed by atoms with van der Waals surface area (Å²) in [4.78, 5) is 29.7. The normalized spacial score (nSPS) is 16.8. The van der Waals surface area contributed by atoms with Gasteiger partial charge < -0.3 is 9.88 Å². The number of hydrogen-bond acceptors (Lipinski definition) is 4. The lowest BCUT2D eigenvalue weighted by molar-refractivity contribution is 0.0732. The highest BCUT2D eigenvalue weighted by Crippen LogP contribution is 2.31. The number of H-pyrrole nitrogens is 1. The summed E-state index contributed by atoms with van der Waals surface area (Å²) in [6.07, 6.45) is 8.84. The van der Waals surface area contributed by atoms with E-state index in [-0.39, 0.29) is 17.0 Å². The molecule has 0 atom stereocenters. The molecule has 0 radical (unpaired) electrons. The first-order valence-electron chi connectivity index (χ1n) is 10.1. The third-order valence-corrected chi connectivity index (χ3v) is 5.90. The van der Waals surface area contributed by atoms with E-state index in [1.165, 1.54) is 12.8 Å². The number of carbonyl (C=O) groups is 1. The minimum atomic E-state index is -0.357. The number of rotatable bonds is 4. The van der Waals surface area contributed by atoms with E-state index in [0.29, 0.717) is 31.1 Å². The number of carbonyl (C=O) groups excluding carboxylic acids is 1. The van der Waals surface area contributed by atoms with Crippen LogP contribution in [0.25, 0.3) is 0 Å². The Kier molecular flexibility index (Phi) is 5.03. The van der Waals surface area contributed by atoms with Gasteiger partial charge in [-0.2, -0.15) is 10.4 Å². The number of amides is 1. The van der Waals surface area contributed by atoms with Crippen LogP contribution in [0.2, 0.25) is 0 Å². The molecule has 146 valence electrons. The Hall–Kier alpha value is -2.88. The summed E-state index contributed by atoms with van der Waals surface area (Å²) in [6, 6.07) is 3.95. The number of aromatic amines is 1. The van der Waals surface area contributed by atoms with Crippen molar-refractivity contribution in [1.82, 2.24) is 19.7 Å². The van der Waals surface area contributed by atoms with Crippen molar-refractivity contribution in [3.05, 3.63) is 50.7 Å². The fourth-order valence-corrected chi connectivity index (χ4v) is 4.45. The van der Waals surface area contributed by atoms with Crippen molar-refractivity contribution in [3.63, 3.8) is 0 Å². The van der Waals surface area contributed by atoms with Crippen molar-refractivity contribution in [2.75, 3.05) is 6.54 Å². The molecule has 7 nitrogen and oxygen atoms in total. The quantitative estimate of drug-likeness (QED) is 0.883. The lowest BCUT2D eigenvalue weighted by Gasteiger charge is -2.28. The third-order valence-electron chi connectivity index (χ3n) is 5.90. The molecule has 2 aliphatic rings. The molecule has 1 aliphatic carbocycles. The van der Waals surface area contributed by atoms with Crippen LogP contribution in [0.5, 0.6) is 0 Å². The average Bonchev–Trinajstić information content (AvgIpc) is 3.36. The number of aromatic nitrogens is 3. The van der Waals surface area contributed by atoms with Gasteiger partial charge in [-0.3, -0.25) is 14.3 Å². The van der Waals surface area contributed by atoms with E-state index in [1.54, 1.807) is 17.2 Å². The number of fused-ring (bicyclic) bond motifs is 1. The SMILES string of the molecule is CCCc1c(C(=O)N2CCc3[nH]c(=O)c(C#N)cc3C2)cnn1C1CCCC1. The highest BCUT2D eigenvalue weighted by molar-refractivity contribution is 5.95. The van der Waals surface area contributed by atoms with Crippen LogP contribution in [-0.2, 0) is 19.4 Å². The van der Waals surface area contributed by atoms with Gasteiger partial charge in [0.05, 0.1) is 23.5 Å². The molecule has 2 aromatic rings. The molecule has 1 fully saturated rings. The molecular weight excluding hydrogens is 354 g/mol. The molecular formula is C21H25N5O2. The van der Waals surface area contributed by atoms with Gasteiger partial charge in [0.2, 0.25) is 0 Å². The van der Waals surface area contributed by atoms with Gasteiger partial charge in [-0.15, -0.1) is 0 Å². The molecule has 4 rings (SSSR count). The summed E-state index contributed by atoms with van der Waals surface area (Å²) in [5.41, 5.74) is 3.14. The fraction of sp³-hybridized carbons (Fsp3) is 0.524. The van der Waals surface area contributed by atoms with E-state index in [1.807, 2.05) is 6.07 Å². The molecule has 1 aliphatic heterocycles. The monoisotopic (exact) mass is 379 g/mol. The van der Waals surface area contributed by atoms with E-state index >= 15 is 0 Å². The van der Waals surface area contributed by atoms with Gasteiger partial charge in [-0.1, -0.05) is 26.2 Å². The first-order valence-corrected chi connectivity index (χ1v) is 10.1. The maximum atomic E-state index is 13.3. The Morgan fingerprint density at radius 2 is 2.18 bits per heavy atom. The molecule has 0 bridgehead atoms. The Morgan fingerprint density at radius 3 is 2.89 bits per heavy atom. The Balaban J connectivity index is 1.62. The number of nitrogens with one attached hydrogen (secondary N) is 1. The van der Waals surface area contributed by atoms with Crippen molar-refractivity contribution in [2.45, 2.75) is 64.5 Å². The van der Waals surface area contributed by atoms with E-state index < -0.39 is 0 Å². The van der Waals surface area contributed by atoms with Gasteiger partial charge in [-0.25, -0.2) is 0 Å². The maximum absolute atomic E-state index is 13.3. The third kappa shape index (κ3) is 3.24. The van der Waals surface area contributed by atoms with Gasteiger partial charge in [-0.05, 0) is 30.9 Å². The summed E-state index contributed by atoms with van der Waals surface area (Å²) in [5.74, 6) is -0.0111. The smallest absolute Gasteiger partial charge is 0.266 e. The van der Waals surface area contributed by atoms with Crippen LogP contribution in [0.15, 0.2) is 17.1 Å². The Bertz CT molecular complexity index is 991. The zero-order valence-electron chi connectivity index (χ0n) is 16.2. The molecule has 2 aromatic heterocycles. The molecule has 3 heterocycles. The minimum absolute atomic E-state index is 0.0111. The summed E-state index contributed by atoms with van der Waals surface area (Å²) < 4.78 is 2.09. The highest BCUT2D eigenvalue weighted by Gasteiger charge is 2.29. The van der Waals surface area contributed by atoms with Crippen molar-refractivity contribution in [2.24, 2.45) is 0 Å². The number of nitrogens with zero attached hydrogens (tertiary/aromatic N) is 4. The Labute approximate surface area is 164 Å². The minimum Gasteiger partial charge on any atom is -0.334 e. The van der Waals surface area contributed by atoms with Crippen LogP contribution in [0.4, 0.5) is 0 Å². The van der Waals surface area contributed by atoms with Crippen molar-refractivity contribution in [1.29, 1.82) is 5.26 Å². The van der Waals surface area contributed by atoms with Crippen LogP contribution in [0.1, 0.15) is 77.9 Å². The largest absolute Gasteiger partial charge is 0.334 e. The molecule has 7 heteroatoms. The van der Waals surface area contributed by atoms with Crippen molar-refractivity contribution in [3.8, 4) is 6.07 Å². The van der Waals surface area contributed by atoms with E-state index in [9.17, 15) is 9.59 Å². The molecule has 28 heavy (non-hydrogen) atoms. The van der Waals surface area contributed by atoms with E-state index in [0.717, 1.165) is 42.6 Å². The lowest BCUT2D eigenvalue weighted by atomic mass is 10.0. The van der Waals surface area contributed by atoms with Gasteiger partial charge in [0.15, 0.2) is 0 Å². The molecule has 0 unspecified atom stereocenters. The summed E-state index contributed by atoms with van der Waals surface area (Å²) in [5, 5.41) is 13.7. The molecule has 1 amide bonds. The molecule has 1 saturated carbocycles. The van der Waals surface area contributed by atoms with Gasteiger partial charge in [0.25, 0.3) is 11.5 Å². The van der Waals surface area contributed by atoms with Crippen LogP contribution >= 0.6 is 0 Å². The fourth-order valence-electron chi connectivity index (χ4n) is 4.45. The second-order valence-corrected chi connectivity index (χ2v) is 7.74. The van der Waals surface area contributed by atoms with Crippen LogP contribution in [-0.4, -0.2) is 32.1 Å². The van der Waals surface area contributed by atoms with Gasteiger partial charge in [0.1, 0.15) is 11.6 Å². The van der Waals surface area contributed by atoms with E-state index in [2.05, 4.69) is 21.7 Å². The molecule has 0 aromatic carbocycles. The van der Waals surface area contributed by atoms with Gasteiger partial charge in [0, 0.05) is 25.2 Å². The summed E-state index contributed by atoms with van der Waals surface area (Å²) >= 11 is 0. The van der Waals surface area contributed by atoms with Crippen LogP contribution < -0.4 is 5.56 Å². The zero-order valence-corrected chi connectivity index (χ0v) is 16.2.